The molecule has 1 aliphatic carbocycles. The third-order valence-electron chi connectivity index (χ3n) is 5.94. The Labute approximate surface area is 174 Å². The normalized spacial score (nSPS) is 24.9. The minimum absolute atomic E-state index is 0.180. The molecule has 0 bridgehead atoms. The van der Waals surface area contributed by atoms with Crippen LogP contribution in [0.5, 0.6) is 0 Å². The van der Waals surface area contributed by atoms with Crippen LogP contribution < -0.4 is 5.73 Å². The Bertz CT molecular complexity index is 1160. The highest BCUT2D eigenvalue weighted by Gasteiger charge is 2.59. The largest absolute Gasteiger partial charge is 0.462 e. The fourth-order valence-corrected chi connectivity index (χ4v) is 4.25. The Hall–Kier alpha value is -3.43. The third-order valence-corrected chi connectivity index (χ3v) is 5.94. The van der Waals surface area contributed by atoms with Crippen molar-refractivity contribution in [3.8, 4) is 22.8 Å². The van der Waals surface area contributed by atoms with E-state index in [1.165, 1.54) is 36.4 Å². The van der Waals surface area contributed by atoms with Gasteiger partial charge in [0, 0.05) is 22.6 Å². The first-order valence-electron chi connectivity index (χ1n) is 9.67. The first-order chi connectivity index (χ1) is 14.9. The number of aliphatic imine (C=N–C) groups is 1. The highest BCUT2D eigenvalue weighted by Crippen LogP contribution is 2.53. The van der Waals surface area contributed by atoms with E-state index in [9.17, 15) is 17.6 Å². The zero-order valence-corrected chi connectivity index (χ0v) is 16.0. The van der Waals surface area contributed by atoms with E-state index in [1.54, 1.807) is 0 Å². The summed E-state index contributed by atoms with van der Waals surface area (Å²) in [4.78, 5) is 8.26. The second kappa shape index (κ2) is 7.07. The molecule has 3 N–H and O–H groups in total. The molecule has 160 valence electrons. The maximum Gasteiger partial charge on any atom is 0.283 e. The van der Waals surface area contributed by atoms with E-state index in [0.717, 1.165) is 6.07 Å². The van der Waals surface area contributed by atoms with Crippen LogP contribution in [0.1, 0.15) is 18.4 Å². The maximum atomic E-state index is 14.9. The number of nitrogens with two attached hydrogens (primary N) is 1. The first-order valence-corrected chi connectivity index (χ1v) is 9.67. The summed E-state index contributed by atoms with van der Waals surface area (Å²) < 4.78 is 62.2. The summed E-state index contributed by atoms with van der Waals surface area (Å²) in [6.45, 7) is 0. The number of rotatable bonds is 4. The van der Waals surface area contributed by atoms with Gasteiger partial charge in [0.15, 0.2) is 17.2 Å². The third kappa shape index (κ3) is 3.05. The smallest absolute Gasteiger partial charge is 0.283 e. The number of nitrogens with zero attached hydrogens (tertiary/aromatic N) is 3. The molecule has 10 heteroatoms. The van der Waals surface area contributed by atoms with Crippen LogP contribution >= 0.6 is 0 Å². The maximum absolute atomic E-state index is 14.9. The minimum atomic E-state index is -2.99. The Balaban J connectivity index is 1.59. The van der Waals surface area contributed by atoms with Gasteiger partial charge in [0.2, 0.25) is 0 Å². The lowest BCUT2D eigenvalue weighted by atomic mass is 9.65. The van der Waals surface area contributed by atoms with Gasteiger partial charge in [-0.1, -0.05) is 0 Å². The molecule has 3 unspecified atom stereocenters. The van der Waals surface area contributed by atoms with Gasteiger partial charge in [-0.15, -0.1) is 0 Å². The van der Waals surface area contributed by atoms with E-state index in [1.807, 2.05) is 0 Å². The summed E-state index contributed by atoms with van der Waals surface area (Å²) in [5.41, 5.74) is 4.18. The van der Waals surface area contributed by atoms with E-state index >= 15 is 0 Å². The van der Waals surface area contributed by atoms with E-state index in [2.05, 4.69) is 20.2 Å². The van der Waals surface area contributed by atoms with E-state index in [-0.39, 0.29) is 17.4 Å². The molecule has 1 saturated carbocycles. The predicted molar refractivity (Wildman–Crippen MR) is 104 cm³/mol. The van der Waals surface area contributed by atoms with E-state index in [4.69, 9.17) is 10.5 Å². The van der Waals surface area contributed by atoms with Crippen molar-refractivity contribution >= 4 is 6.02 Å². The molecule has 2 aromatic carbocycles. The summed E-state index contributed by atoms with van der Waals surface area (Å²) >= 11 is 0. The number of halogens is 4. The van der Waals surface area contributed by atoms with Gasteiger partial charge in [0.1, 0.15) is 17.7 Å². The van der Waals surface area contributed by atoms with Crippen LogP contribution in [-0.2, 0) is 10.3 Å². The molecule has 1 aliphatic heterocycles. The number of amidine groups is 1. The standard InChI is InChI=1S/C21H17F4N5O/c22-12-4-1-10(2-5-12)17-27-18(30-29-17)11-3-7-15(23)14(9-11)21(19(24)25)13-6-8-16(13)31-20(26)28-21/h1-5,7,9,13,16,19H,6,8H2,(H2,26,28)(H,27,29,30). The molecule has 5 rings (SSSR count). The van der Waals surface area contributed by atoms with Crippen molar-refractivity contribution in [1.29, 1.82) is 0 Å². The van der Waals surface area contributed by atoms with Crippen LogP contribution in [0.3, 0.4) is 0 Å². The molecule has 31 heavy (non-hydrogen) atoms. The summed E-state index contributed by atoms with van der Waals surface area (Å²) in [7, 11) is 0. The molecular formula is C21H17F4N5O. The average Bonchev–Trinajstić information content (AvgIpc) is 3.21. The quantitative estimate of drug-likeness (QED) is 0.611. The second-order valence-corrected chi connectivity index (χ2v) is 7.63. The van der Waals surface area contributed by atoms with Gasteiger partial charge in [-0.25, -0.2) is 27.5 Å². The van der Waals surface area contributed by atoms with Crippen molar-refractivity contribution in [2.45, 2.75) is 30.9 Å². The van der Waals surface area contributed by atoms with Crippen LogP contribution in [0.4, 0.5) is 17.6 Å². The van der Waals surface area contributed by atoms with Gasteiger partial charge >= 0.3 is 0 Å². The number of fused-ring (bicyclic) bond motifs is 1. The number of aromatic nitrogens is 3. The summed E-state index contributed by atoms with van der Waals surface area (Å²) in [6, 6.07) is 9.03. The Morgan fingerprint density at radius 3 is 2.48 bits per heavy atom. The number of ether oxygens (including phenoxy) is 1. The van der Waals surface area contributed by atoms with Crippen LogP contribution in [0, 0.1) is 17.6 Å². The van der Waals surface area contributed by atoms with Crippen molar-refractivity contribution < 1.29 is 22.3 Å². The zero-order valence-electron chi connectivity index (χ0n) is 16.0. The van der Waals surface area contributed by atoms with Gasteiger partial charge in [-0.05, 0) is 55.3 Å². The molecule has 3 atom stereocenters. The molecule has 0 radical (unpaired) electrons. The number of hydrogen-bond donors (Lipinski definition) is 2. The van der Waals surface area contributed by atoms with Gasteiger partial charge < -0.3 is 10.5 Å². The number of alkyl halides is 2. The molecular weight excluding hydrogens is 414 g/mol. The predicted octanol–water partition coefficient (Wildman–Crippen LogP) is 4.00. The van der Waals surface area contributed by atoms with Gasteiger partial charge in [0.25, 0.3) is 12.4 Å². The lowest BCUT2D eigenvalue weighted by molar-refractivity contribution is -0.0949. The number of nitrogens with one attached hydrogen (secondary N) is 1. The molecule has 0 spiro atoms. The molecule has 3 aromatic rings. The highest BCUT2D eigenvalue weighted by molar-refractivity contribution is 5.74. The molecule has 2 aliphatic rings. The van der Waals surface area contributed by atoms with Gasteiger partial charge in [0.05, 0.1) is 0 Å². The summed E-state index contributed by atoms with van der Waals surface area (Å²) in [6.07, 6.45) is -2.54. The van der Waals surface area contributed by atoms with Crippen molar-refractivity contribution in [1.82, 2.24) is 15.2 Å². The molecule has 0 amide bonds. The topological polar surface area (TPSA) is 89.2 Å². The Morgan fingerprint density at radius 2 is 1.81 bits per heavy atom. The Morgan fingerprint density at radius 1 is 1.06 bits per heavy atom. The van der Waals surface area contributed by atoms with E-state index < -0.39 is 35.6 Å². The molecule has 0 saturated heterocycles. The van der Waals surface area contributed by atoms with E-state index in [0.29, 0.717) is 29.8 Å². The number of H-pyrrole nitrogens is 1. The molecule has 2 heterocycles. The second-order valence-electron chi connectivity index (χ2n) is 7.63. The van der Waals surface area contributed by atoms with Crippen LogP contribution in [0.15, 0.2) is 47.5 Å². The van der Waals surface area contributed by atoms with Crippen LogP contribution in [0.2, 0.25) is 0 Å². The monoisotopic (exact) mass is 431 g/mol. The highest BCUT2D eigenvalue weighted by atomic mass is 19.3. The van der Waals surface area contributed by atoms with Crippen molar-refractivity contribution in [3.05, 3.63) is 59.7 Å². The summed E-state index contributed by atoms with van der Waals surface area (Å²) in [5.74, 6) is -1.36. The van der Waals surface area contributed by atoms with Gasteiger partial charge in [-0.2, -0.15) is 5.10 Å². The lowest BCUT2D eigenvalue weighted by Crippen LogP contribution is -2.57. The number of benzene rings is 2. The fraction of sp³-hybridized carbons (Fsp3) is 0.286. The van der Waals surface area contributed by atoms with Crippen molar-refractivity contribution in [2.75, 3.05) is 0 Å². The number of aromatic amines is 1. The molecule has 1 aromatic heterocycles. The van der Waals surface area contributed by atoms with Gasteiger partial charge in [-0.3, -0.25) is 5.10 Å². The zero-order chi connectivity index (χ0) is 21.8. The lowest BCUT2D eigenvalue weighted by Gasteiger charge is -2.50. The van der Waals surface area contributed by atoms with Crippen LogP contribution in [0.25, 0.3) is 22.8 Å². The average molecular weight is 431 g/mol. The van der Waals surface area contributed by atoms with Crippen molar-refractivity contribution in [2.24, 2.45) is 16.6 Å². The van der Waals surface area contributed by atoms with Crippen molar-refractivity contribution in [3.63, 3.8) is 0 Å². The summed E-state index contributed by atoms with van der Waals surface area (Å²) in [5, 5.41) is 6.83. The first kappa shape index (κ1) is 19.5. The SMILES string of the molecule is NC1=NC(c2cc(-c3n[nH]c(-c4ccc(F)cc4)n3)ccc2F)(C(F)F)C2CCC2O1. The minimum Gasteiger partial charge on any atom is -0.462 e. The number of hydrogen-bond acceptors (Lipinski definition) is 5. The molecule has 6 nitrogen and oxygen atoms in total. The Kier molecular flexibility index (Phi) is 4.45. The van der Waals surface area contributed by atoms with Crippen LogP contribution in [-0.4, -0.2) is 33.7 Å². The fourth-order valence-electron chi connectivity index (χ4n) is 4.25. The molecule has 1 fully saturated rings.